The van der Waals surface area contributed by atoms with Gasteiger partial charge < -0.3 is 14.5 Å². The molecule has 0 spiro atoms. The van der Waals surface area contributed by atoms with E-state index >= 15 is 0 Å². The van der Waals surface area contributed by atoms with Crippen LogP contribution in [0.15, 0.2) is 71.3 Å². The van der Waals surface area contributed by atoms with Gasteiger partial charge in [0, 0.05) is 35.9 Å². The van der Waals surface area contributed by atoms with Gasteiger partial charge in [-0.05, 0) is 80.6 Å². The molecule has 4 rings (SSSR count). The molecule has 0 unspecified atom stereocenters. The first-order chi connectivity index (χ1) is 16.3. The Morgan fingerprint density at radius 1 is 1.12 bits per heavy atom. The molecule has 1 aromatic heterocycles. The Morgan fingerprint density at radius 2 is 1.85 bits per heavy atom. The number of ether oxygens (including phenoxy) is 1. The second-order valence-corrected chi connectivity index (χ2v) is 10.2. The molecule has 3 aromatic rings. The van der Waals surface area contributed by atoms with Gasteiger partial charge in [0.25, 0.3) is 0 Å². The fraction of sp³-hybridized carbons (Fsp3) is 0.393. The smallest absolute Gasteiger partial charge is 0.220 e. The van der Waals surface area contributed by atoms with Crippen molar-refractivity contribution in [1.29, 1.82) is 0 Å². The van der Waals surface area contributed by atoms with Gasteiger partial charge in [-0.3, -0.25) is 4.79 Å². The first-order valence-electron chi connectivity index (χ1n) is 11.7. The third-order valence-electron chi connectivity index (χ3n) is 6.71. The molecule has 1 saturated heterocycles. The Bertz CT molecular complexity index is 1080. The zero-order valence-corrected chi connectivity index (χ0v) is 20.4. The summed E-state index contributed by atoms with van der Waals surface area (Å²) < 4.78 is 25.0. The van der Waals surface area contributed by atoms with Crippen molar-refractivity contribution in [3.05, 3.63) is 94.7 Å². The number of benzene rings is 2. The number of rotatable bonds is 8. The first-order valence-corrected chi connectivity index (χ1v) is 12.1. The number of carbonyl (C=O) groups excluding carboxylic acids is 1. The van der Waals surface area contributed by atoms with E-state index < -0.39 is 0 Å². The Labute approximate surface area is 205 Å². The van der Waals surface area contributed by atoms with E-state index in [1.54, 1.807) is 18.4 Å². The maximum atomic E-state index is 13.4. The second-order valence-electron chi connectivity index (χ2n) is 9.76. The Morgan fingerprint density at radius 3 is 2.50 bits per heavy atom. The summed E-state index contributed by atoms with van der Waals surface area (Å²) in [5, 5.41) is 3.80. The molecule has 2 aromatic carbocycles. The van der Waals surface area contributed by atoms with Gasteiger partial charge in [0.1, 0.15) is 11.6 Å². The summed E-state index contributed by atoms with van der Waals surface area (Å²) in [5.74, 6) is 0.458. The van der Waals surface area contributed by atoms with Crippen LogP contribution >= 0.6 is 11.6 Å². The molecule has 1 fully saturated rings. The van der Waals surface area contributed by atoms with Crippen LogP contribution in [-0.4, -0.2) is 24.7 Å². The minimum Gasteiger partial charge on any atom is -0.469 e. The van der Waals surface area contributed by atoms with Gasteiger partial charge in [-0.15, -0.1) is 0 Å². The fourth-order valence-electron chi connectivity index (χ4n) is 5.16. The van der Waals surface area contributed by atoms with Gasteiger partial charge in [0.05, 0.1) is 11.9 Å². The van der Waals surface area contributed by atoms with E-state index in [1.165, 1.54) is 12.1 Å². The van der Waals surface area contributed by atoms with Crippen LogP contribution in [0.25, 0.3) is 0 Å². The largest absolute Gasteiger partial charge is 0.469 e. The van der Waals surface area contributed by atoms with E-state index in [2.05, 4.69) is 19.2 Å². The number of furan rings is 1. The number of amides is 1. The summed E-state index contributed by atoms with van der Waals surface area (Å²) in [7, 11) is 0. The van der Waals surface area contributed by atoms with Gasteiger partial charge in [0.2, 0.25) is 5.91 Å². The second kappa shape index (κ2) is 10.3. The molecule has 2 atom stereocenters. The lowest BCUT2D eigenvalue weighted by Crippen LogP contribution is -2.46. The number of carbonyl (C=O) groups is 1. The average molecular weight is 484 g/mol. The van der Waals surface area contributed by atoms with Gasteiger partial charge in [-0.25, -0.2) is 4.39 Å². The van der Waals surface area contributed by atoms with Crippen LogP contribution in [0.1, 0.15) is 62.3 Å². The molecule has 0 aliphatic carbocycles. The molecule has 0 radical (unpaired) electrons. The van der Waals surface area contributed by atoms with Crippen LogP contribution in [-0.2, 0) is 14.9 Å². The van der Waals surface area contributed by atoms with Crippen molar-refractivity contribution >= 4 is 17.5 Å². The SMILES string of the molecule is CC1(C)C[C@@](CC(=O)NCC[C@H](c2ccc(F)cc2)c2ccco2)(c2ccc(Cl)cc2)CCO1. The molecule has 0 saturated carbocycles. The molecule has 1 N–H and O–H groups in total. The van der Waals surface area contributed by atoms with Gasteiger partial charge in [-0.1, -0.05) is 35.9 Å². The molecule has 1 aliphatic heterocycles. The van der Waals surface area contributed by atoms with Crippen molar-refractivity contribution in [1.82, 2.24) is 5.32 Å². The summed E-state index contributed by atoms with van der Waals surface area (Å²) in [6.07, 6.45) is 4.18. The summed E-state index contributed by atoms with van der Waals surface area (Å²) >= 11 is 6.12. The highest BCUT2D eigenvalue weighted by Crippen LogP contribution is 2.44. The monoisotopic (exact) mass is 483 g/mol. The number of nitrogens with one attached hydrogen (secondary N) is 1. The van der Waals surface area contributed by atoms with E-state index in [-0.39, 0.29) is 28.7 Å². The van der Waals surface area contributed by atoms with Crippen LogP contribution in [0, 0.1) is 5.82 Å². The van der Waals surface area contributed by atoms with Crippen molar-refractivity contribution in [3.8, 4) is 0 Å². The summed E-state index contributed by atoms with van der Waals surface area (Å²) in [5.41, 5.74) is 1.44. The summed E-state index contributed by atoms with van der Waals surface area (Å²) in [6, 6.07) is 18.0. The number of hydrogen-bond donors (Lipinski definition) is 1. The zero-order chi connectivity index (χ0) is 24.2. The Hall–Kier alpha value is -2.63. The van der Waals surface area contributed by atoms with E-state index in [0.29, 0.717) is 31.0 Å². The van der Waals surface area contributed by atoms with Crippen molar-refractivity contribution < 1.29 is 18.3 Å². The Kier molecular flexibility index (Phi) is 7.44. The molecule has 0 bridgehead atoms. The van der Waals surface area contributed by atoms with Crippen LogP contribution in [0.5, 0.6) is 0 Å². The van der Waals surface area contributed by atoms with E-state index in [0.717, 1.165) is 29.7 Å². The first kappa shape index (κ1) is 24.5. The molecular weight excluding hydrogens is 453 g/mol. The maximum absolute atomic E-state index is 13.4. The lowest BCUT2D eigenvalue weighted by Gasteiger charge is -2.45. The third kappa shape index (κ3) is 5.89. The van der Waals surface area contributed by atoms with E-state index in [1.807, 2.05) is 36.4 Å². The fourth-order valence-corrected chi connectivity index (χ4v) is 5.29. The normalized spacial score (nSPS) is 20.6. The van der Waals surface area contributed by atoms with Crippen molar-refractivity contribution in [3.63, 3.8) is 0 Å². The highest BCUT2D eigenvalue weighted by molar-refractivity contribution is 6.30. The summed E-state index contributed by atoms with van der Waals surface area (Å²) in [6.45, 7) is 5.24. The molecule has 34 heavy (non-hydrogen) atoms. The van der Waals surface area contributed by atoms with E-state index in [9.17, 15) is 9.18 Å². The standard InChI is InChI=1S/C28H31ClFNO3/c1-27(2)19-28(14-17-34-27,21-7-9-22(29)10-8-21)18-26(32)31-15-13-24(25-4-3-16-33-25)20-5-11-23(30)12-6-20/h3-12,16,24H,13-15,17-19H2,1-2H3,(H,31,32)/t24-,28-/m1/s1. The van der Waals surface area contributed by atoms with Crippen molar-refractivity contribution in [2.24, 2.45) is 0 Å². The van der Waals surface area contributed by atoms with Crippen molar-refractivity contribution in [2.75, 3.05) is 13.2 Å². The molecule has 180 valence electrons. The molecule has 1 aliphatic rings. The number of hydrogen-bond acceptors (Lipinski definition) is 3. The average Bonchev–Trinajstić information content (AvgIpc) is 3.32. The minimum atomic E-state index is -0.314. The van der Waals surface area contributed by atoms with Gasteiger partial charge >= 0.3 is 0 Å². The van der Waals surface area contributed by atoms with Crippen molar-refractivity contribution in [2.45, 2.75) is 56.5 Å². The molecule has 1 amide bonds. The lowest BCUT2D eigenvalue weighted by molar-refractivity contribution is -0.126. The van der Waals surface area contributed by atoms with Crippen LogP contribution < -0.4 is 5.32 Å². The lowest BCUT2D eigenvalue weighted by atomic mass is 9.67. The number of halogens is 2. The molecule has 6 heteroatoms. The predicted octanol–water partition coefficient (Wildman–Crippen LogP) is 6.63. The molecule has 4 nitrogen and oxygen atoms in total. The Balaban J connectivity index is 1.45. The van der Waals surface area contributed by atoms with Crippen LogP contribution in [0.3, 0.4) is 0 Å². The molecular formula is C28H31ClFNO3. The molecule has 2 heterocycles. The summed E-state index contributed by atoms with van der Waals surface area (Å²) in [4.78, 5) is 13.2. The quantitative estimate of drug-likeness (QED) is 0.391. The maximum Gasteiger partial charge on any atom is 0.220 e. The van der Waals surface area contributed by atoms with E-state index in [4.69, 9.17) is 20.8 Å². The predicted molar refractivity (Wildman–Crippen MR) is 132 cm³/mol. The third-order valence-corrected chi connectivity index (χ3v) is 6.96. The van der Waals surface area contributed by atoms with Crippen LogP contribution in [0.4, 0.5) is 4.39 Å². The topological polar surface area (TPSA) is 51.5 Å². The zero-order valence-electron chi connectivity index (χ0n) is 19.7. The highest BCUT2D eigenvalue weighted by Gasteiger charge is 2.43. The van der Waals surface area contributed by atoms with Gasteiger partial charge in [-0.2, -0.15) is 0 Å². The minimum absolute atomic E-state index is 0.00458. The van der Waals surface area contributed by atoms with Crippen LogP contribution in [0.2, 0.25) is 5.02 Å². The highest BCUT2D eigenvalue weighted by atomic mass is 35.5. The van der Waals surface area contributed by atoms with Gasteiger partial charge in [0.15, 0.2) is 0 Å².